The molecule has 0 radical (unpaired) electrons. The number of nitrogens with one attached hydrogen (secondary N) is 1. The van der Waals surface area contributed by atoms with Crippen molar-refractivity contribution in [1.29, 1.82) is 5.26 Å². The van der Waals surface area contributed by atoms with Gasteiger partial charge in [0.15, 0.2) is 6.19 Å². The van der Waals surface area contributed by atoms with E-state index in [1.54, 1.807) is 20.8 Å². The third kappa shape index (κ3) is 6.48. The molecular formula is C15H27N3O3Si. The van der Waals surface area contributed by atoms with E-state index in [4.69, 9.17) is 4.74 Å². The molecule has 1 aliphatic rings. The first-order valence-electron chi connectivity index (χ1n) is 7.65. The number of hydrogen-bond acceptors (Lipinski definition) is 4. The van der Waals surface area contributed by atoms with Gasteiger partial charge in [-0.15, -0.1) is 0 Å². The van der Waals surface area contributed by atoms with Gasteiger partial charge < -0.3 is 10.1 Å². The van der Waals surface area contributed by atoms with E-state index in [0.29, 0.717) is 6.04 Å². The molecule has 22 heavy (non-hydrogen) atoms. The molecule has 0 heterocycles. The summed E-state index contributed by atoms with van der Waals surface area (Å²) in [7, 11) is -1.61. The Labute approximate surface area is 133 Å². The summed E-state index contributed by atoms with van der Waals surface area (Å²) in [6.45, 7) is 11.7. The summed E-state index contributed by atoms with van der Waals surface area (Å²) < 4.78 is 5.23. The minimum absolute atomic E-state index is 0.00192. The summed E-state index contributed by atoms with van der Waals surface area (Å²) in [6.07, 6.45) is 3.05. The third-order valence-electron chi connectivity index (χ3n) is 3.06. The highest BCUT2D eigenvalue weighted by Gasteiger charge is 2.38. The van der Waals surface area contributed by atoms with Crippen molar-refractivity contribution in [3.05, 3.63) is 0 Å². The van der Waals surface area contributed by atoms with Crippen LogP contribution in [0.1, 0.15) is 33.6 Å². The Balaban J connectivity index is 2.81. The number of ether oxygens (including phenoxy) is 1. The zero-order chi connectivity index (χ0) is 17.1. The Bertz CT molecular complexity index is 470. The van der Waals surface area contributed by atoms with Gasteiger partial charge in [-0.25, -0.2) is 9.69 Å². The van der Waals surface area contributed by atoms with Crippen molar-refractivity contribution in [1.82, 2.24) is 10.2 Å². The van der Waals surface area contributed by atoms with Crippen LogP contribution in [0.3, 0.4) is 0 Å². The van der Waals surface area contributed by atoms with Gasteiger partial charge in [-0.1, -0.05) is 19.6 Å². The van der Waals surface area contributed by atoms with E-state index in [1.165, 1.54) is 4.90 Å². The molecular weight excluding hydrogens is 298 g/mol. The van der Waals surface area contributed by atoms with Crippen LogP contribution in [-0.4, -0.2) is 42.7 Å². The minimum atomic E-state index is -1.61. The number of carbonyl (C=O) groups is 2. The Morgan fingerprint density at radius 1 is 1.36 bits per heavy atom. The predicted molar refractivity (Wildman–Crippen MR) is 86.8 cm³/mol. The van der Waals surface area contributed by atoms with E-state index in [0.717, 1.165) is 12.8 Å². The van der Waals surface area contributed by atoms with Crippen LogP contribution in [0.2, 0.25) is 25.7 Å². The molecule has 1 fully saturated rings. The molecule has 0 spiro atoms. The summed E-state index contributed by atoms with van der Waals surface area (Å²) >= 11 is 0. The summed E-state index contributed by atoms with van der Waals surface area (Å²) in [5.41, 5.74) is -0.623. The molecule has 0 saturated heterocycles. The van der Waals surface area contributed by atoms with Crippen molar-refractivity contribution in [2.24, 2.45) is 0 Å². The van der Waals surface area contributed by atoms with Gasteiger partial charge in [-0.3, -0.25) is 4.79 Å². The highest BCUT2D eigenvalue weighted by Crippen LogP contribution is 2.27. The molecule has 0 bridgehead atoms. The van der Waals surface area contributed by atoms with Crippen molar-refractivity contribution in [3.63, 3.8) is 0 Å². The lowest BCUT2D eigenvalue weighted by Gasteiger charge is -2.28. The molecule has 1 N–H and O–H groups in total. The number of alkyl carbamates (subject to hydrolysis) is 1. The molecule has 1 aliphatic carbocycles. The minimum Gasteiger partial charge on any atom is -0.444 e. The Morgan fingerprint density at radius 2 is 1.91 bits per heavy atom. The van der Waals surface area contributed by atoms with Crippen LogP contribution in [-0.2, 0) is 9.53 Å². The number of nitrogens with zero attached hydrogens (tertiary/aromatic N) is 2. The van der Waals surface area contributed by atoms with E-state index in [1.807, 2.05) is 6.19 Å². The first kappa shape index (κ1) is 18.5. The Kier molecular flexibility index (Phi) is 5.63. The van der Waals surface area contributed by atoms with Gasteiger partial charge in [0.05, 0.1) is 0 Å². The molecule has 0 aliphatic heterocycles. The van der Waals surface area contributed by atoms with E-state index < -0.39 is 25.8 Å². The van der Waals surface area contributed by atoms with Gasteiger partial charge in [0.2, 0.25) is 0 Å². The summed E-state index contributed by atoms with van der Waals surface area (Å²) in [5, 5.41) is 11.9. The van der Waals surface area contributed by atoms with Crippen LogP contribution in [0.25, 0.3) is 0 Å². The normalized spacial score (nSPS) is 16.4. The van der Waals surface area contributed by atoms with Crippen LogP contribution in [0.5, 0.6) is 0 Å². The molecule has 2 amide bonds. The number of carbonyl (C=O) groups excluding carboxylic acids is 2. The lowest BCUT2D eigenvalue weighted by Crippen LogP contribution is -2.51. The number of rotatable bonds is 5. The first-order valence-corrected chi connectivity index (χ1v) is 11.4. The molecule has 0 aromatic carbocycles. The average molecular weight is 325 g/mol. The molecule has 7 heteroatoms. The number of hydrogen-bond donors (Lipinski definition) is 1. The highest BCUT2D eigenvalue weighted by molar-refractivity contribution is 6.76. The van der Waals surface area contributed by atoms with Crippen LogP contribution in [0.4, 0.5) is 4.79 Å². The van der Waals surface area contributed by atoms with Crippen molar-refractivity contribution < 1.29 is 14.3 Å². The highest BCUT2D eigenvalue weighted by atomic mass is 28.3. The van der Waals surface area contributed by atoms with E-state index in [2.05, 4.69) is 25.0 Å². The molecule has 1 unspecified atom stereocenters. The molecule has 6 nitrogen and oxygen atoms in total. The smallest absolute Gasteiger partial charge is 0.408 e. The maximum absolute atomic E-state index is 12.6. The summed E-state index contributed by atoms with van der Waals surface area (Å²) in [5.74, 6) is -0.321. The van der Waals surface area contributed by atoms with Gasteiger partial charge in [-0.05, 0) is 39.7 Å². The third-order valence-corrected chi connectivity index (χ3v) is 4.70. The van der Waals surface area contributed by atoms with Crippen molar-refractivity contribution in [2.45, 2.75) is 77.0 Å². The quantitative estimate of drug-likeness (QED) is 0.478. The second-order valence-electron chi connectivity index (χ2n) is 8.00. The van der Waals surface area contributed by atoms with Gasteiger partial charge in [-0.2, -0.15) is 5.26 Å². The maximum atomic E-state index is 12.6. The van der Waals surface area contributed by atoms with Crippen molar-refractivity contribution >= 4 is 20.1 Å². The standard InChI is InChI=1S/C15H27N3O3Si/c1-15(2,3)21-14(20)17-12(9-22(4,5)6)13(19)18(10-16)11-7-8-11/h11-12H,7-9H2,1-6H3,(H,17,20). The molecule has 1 saturated carbocycles. The SMILES string of the molecule is CC(C)(C)OC(=O)NC(C[Si](C)(C)C)C(=O)N(C#N)C1CC1. The van der Waals surface area contributed by atoms with Gasteiger partial charge in [0, 0.05) is 14.1 Å². The van der Waals surface area contributed by atoms with Gasteiger partial charge in [0.25, 0.3) is 5.91 Å². The lowest BCUT2D eigenvalue weighted by atomic mass is 10.2. The first-order chi connectivity index (χ1) is 9.93. The molecule has 0 aromatic rings. The Morgan fingerprint density at radius 3 is 2.27 bits per heavy atom. The topological polar surface area (TPSA) is 82.4 Å². The predicted octanol–water partition coefficient (Wildman–Crippen LogP) is 2.69. The van der Waals surface area contributed by atoms with Crippen LogP contribution >= 0.6 is 0 Å². The van der Waals surface area contributed by atoms with Gasteiger partial charge in [0.1, 0.15) is 11.6 Å². The van der Waals surface area contributed by atoms with E-state index in [-0.39, 0.29) is 11.9 Å². The second kappa shape index (κ2) is 6.69. The van der Waals surface area contributed by atoms with Crippen LogP contribution in [0, 0.1) is 11.5 Å². The summed E-state index contributed by atoms with van der Waals surface area (Å²) in [4.78, 5) is 25.8. The molecule has 1 rings (SSSR count). The number of amides is 2. The van der Waals surface area contributed by atoms with Crippen molar-refractivity contribution in [2.75, 3.05) is 0 Å². The molecule has 124 valence electrons. The fraction of sp³-hybridized carbons (Fsp3) is 0.800. The maximum Gasteiger partial charge on any atom is 0.408 e. The largest absolute Gasteiger partial charge is 0.444 e. The van der Waals surface area contributed by atoms with Crippen LogP contribution < -0.4 is 5.32 Å². The molecule has 1 atom stereocenters. The molecule has 0 aromatic heterocycles. The van der Waals surface area contributed by atoms with Crippen LogP contribution in [0.15, 0.2) is 0 Å². The fourth-order valence-corrected chi connectivity index (χ4v) is 3.58. The van der Waals surface area contributed by atoms with Crippen molar-refractivity contribution in [3.8, 4) is 6.19 Å². The zero-order valence-electron chi connectivity index (χ0n) is 14.4. The van der Waals surface area contributed by atoms with E-state index in [9.17, 15) is 14.9 Å². The second-order valence-corrected chi connectivity index (χ2v) is 13.5. The lowest BCUT2D eigenvalue weighted by molar-refractivity contribution is -0.130. The Hall–Kier alpha value is -1.55. The van der Waals surface area contributed by atoms with Gasteiger partial charge >= 0.3 is 6.09 Å². The summed E-state index contributed by atoms with van der Waals surface area (Å²) in [6, 6.07) is -0.112. The number of nitriles is 1. The monoisotopic (exact) mass is 325 g/mol. The van der Waals surface area contributed by atoms with E-state index >= 15 is 0 Å². The zero-order valence-corrected chi connectivity index (χ0v) is 15.4. The average Bonchev–Trinajstić information content (AvgIpc) is 3.08. The fourth-order valence-electron chi connectivity index (χ4n) is 2.07.